The van der Waals surface area contributed by atoms with E-state index in [0.29, 0.717) is 12.8 Å². The molecule has 2 unspecified atom stereocenters. The van der Waals surface area contributed by atoms with E-state index in [2.05, 4.69) is 0 Å². The van der Waals surface area contributed by atoms with E-state index in [1.165, 1.54) is 0 Å². The lowest BCUT2D eigenvalue weighted by Crippen LogP contribution is -2.76. The van der Waals surface area contributed by atoms with Crippen molar-refractivity contribution in [3.05, 3.63) is 0 Å². The molecule has 6 heteroatoms. The van der Waals surface area contributed by atoms with E-state index in [0.717, 1.165) is 12.8 Å². The van der Waals surface area contributed by atoms with Gasteiger partial charge in [0.05, 0.1) is 0 Å². The van der Waals surface area contributed by atoms with Crippen molar-refractivity contribution >= 4 is 11.9 Å². The summed E-state index contributed by atoms with van der Waals surface area (Å²) in [6, 6.07) is 0. The summed E-state index contributed by atoms with van der Waals surface area (Å²) in [5.41, 5.74) is -4.11. The summed E-state index contributed by atoms with van der Waals surface area (Å²) in [6.45, 7) is 10.7. The molecule has 1 aliphatic heterocycles. The van der Waals surface area contributed by atoms with Crippen LogP contribution in [0.3, 0.4) is 0 Å². The number of hydrogen-bond acceptors (Lipinski definition) is 6. The third kappa shape index (κ3) is 2.86. The Bertz CT molecular complexity index is 428. The van der Waals surface area contributed by atoms with Gasteiger partial charge in [0.15, 0.2) is 0 Å². The van der Waals surface area contributed by atoms with Gasteiger partial charge in [0, 0.05) is 0 Å². The zero-order chi connectivity index (χ0) is 16.8. The molecule has 1 heterocycles. The van der Waals surface area contributed by atoms with Crippen LogP contribution in [0.15, 0.2) is 0 Å². The Morgan fingerprint density at radius 2 is 1.09 bits per heavy atom. The fourth-order valence-corrected chi connectivity index (χ4v) is 2.80. The van der Waals surface area contributed by atoms with Gasteiger partial charge in [-0.1, -0.05) is 0 Å². The van der Waals surface area contributed by atoms with Crippen LogP contribution in [0, 0.1) is 0 Å². The highest BCUT2D eigenvalue weighted by molar-refractivity contribution is 5.94. The van der Waals surface area contributed by atoms with Crippen molar-refractivity contribution in [3.63, 3.8) is 0 Å². The SMILES string of the molecule is CC(C)(C)OC(=O)C12CCCCC1(C(=O)OC(C)(C)C)OO2. The molecule has 1 saturated carbocycles. The van der Waals surface area contributed by atoms with E-state index in [4.69, 9.17) is 19.2 Å². The van der Waals surface area contributed by atoms with E-state index in [1.807, 2.05) is 0 Å². The van der Waals surface area contributed by atoms with Crippen LogP contribution in [0.4, 0.5) is 0 Å². The topological polar surface area (TPSA) is 71.1 Å². The lowest BCUT2D eigenvalue weighted by atomic mass is 9.69. The van der Waals surface area contributed by atoms with Crippen molar-refractivity contribution in [3.8, 4) is 0 Å². The van der Waals surface area contributed by atoms with Crippen LogP contribution >= 0.6 is 0 Å². The normalized spacial score (nSPS) is 31.7. The van der Waals surface area contributed by atoms with E-state index < -0.39 is 34.3 Å². The minimum atomic E-state index is -1.39. The zero-order valence-electron chi connectivity index (χ0n) is 14.3. The van der Waals surface area contributed by atoms with E-state index in [1.54, 1.807) is 41.5 Å². The summed E-state index contributed by atoms with van der Waals surface area (Å²) in [4.78, 5) is 35.7. The Morgan fingerprint density at radius 3 is 1.32 bits per heavy atom. The van der Waals surface area contributed by atoms with Crippen LogP contribution < -0.4 is 0 Å². The Hall–Kier alpha value is -1.14. The van der Waals surface area contributed by atoms with E-state index in [-0.39, 0.29) is 0 Å². The molecule has 0 N–H and O–H groups in total. The van der Waals surface area contributed by atoms with Gasteiger partial charge in [-0.2, -0.15) is 0 Å². The molecule has 2 fully saturated rings. The molecule has 0 bridgehead atoms. The second-order valence-corrected chi connectivity index (χ2v) is 8.03. The van der Waals surface area contributed by atoms with Gasteiger partial charge in [-0.15, -0.1) is 0 Å². The van der Waals surface area contributed by atoms with Gasteiger partial charge < -0.3 is 9.47 Å². The predicted octanol–water partition coefficient (Wildman–Crippen LogP) is 2.68. The molecule has 2 atom stereocenters. The predicted molar refractivity (Wildman–Crippen MR) is 77.8 cm³/mol. The molecule has 1 aliphatic carbocycles. The Kier molecular flexibility index (Phi) is 4.07. The molecule has 2 rings (SSSR count). The largest absolute Gasteiger partial charge is 0.458 e. The first-order chi connectivity index (χ1) is 9.92. The highest BCUT2D eigenvalue weighted by Crippen LogP contribution is 2.53. The maximum Gasteiger partial charge on any atom is 0.346 e. The maximum atomic E-state index is 12.6. The molecule has 0 aromatic rings. The standard InChI is InChI=1S/C16H26O6/c1-13(2,3)19-11(17)15-9-7-8-10-16(15,22-21-15)12(18)20-14(4,5)6/h7-10H2,1-6H3. The van der Waals surface area contributed by atoms with E-state index in [9.17, 15) is 9.59 Å². The van der Waals surface area contributed by atoms with Gasteiger partial charge in [0.2, 0.25) is 11.2 Å². The molecule has 0 amide bonds. The number of rotatable bonds is 2. The van der Waals surface area contributed by atoms with Gasteiger partial charge in [-0.3, -0.25) is 0 Å². The molecule has 0 aromatic carbocycles. The summed E-state index contributed by atoms with van der Waals surface area (Å²) in [7, 11) is 0. The minimum absolute atomic E-state index is 0.390. The lowest BCUT2D eigenvalue weighted by molar-refractivity contribution is -0.535. The van der Waals surface area contributed by atoms with E-state index >= 15 is 0 Å². The number of ether oxygens (including phenoxy) is 2. The first kappa shape index (κ1) is 17.2. The fourth-order valence-electron chi connectivity index (χ4n) is 2.80. The first-order valence-electron chi connectivity index (χ1n) is 7.76. The minimum Gasteiger partial charge on any atom is -0.458 e. The van der Waals surface area contributed by atoms with Gasteiger partial charge in [-0.05, 0) is 67.2 Å². The van der Waals surface area contributed by atoms with Crippen molar-refractivity contribution in [2.24, 2.45) is 0 Å². The lowest BCUT2D eigenvalue weighted by Gasteiger charge is -2.55. The summed E-state index contributed by atoms with van der Waals surface area (Å²) >= 11 is 0. The third-order valence-corrected chi connectivity index (χ3v) is 3.74. The highest BCUT2D eigenvalue weighted by atomic mass is 17.3. The number of esters is 2. The summed E-state index contributed by atoms with van der Waals surface area (Å²) in [6.07, 6.45) is 2.32. The van der Waals surface area contributed by atoms with Crippen molar-refractivity contribution in [1.29, 1.82) is 0 Å². The number of carbonyl (C=O) groups excluding carboxylic acids is 2. The second kappa shape index (κ2) is 5.20. The van der Waals surface area contributed by atoms with Gasteiger partial charge >= 0.3 is 11.9 Å². The summed E-state index contributed by atoms with van der Waals surface area (Å²) in [5, 5.41) is 0. The van der Waals surface area contributed by atoms with Crippen LogP contribution in [0.1, 0.15) is 67.2 Å². The van der Waals surface area contributed by atoms with Crippen molar-refractivity contribution in [2.75, 3.05) is 0 Å². The van der Waals surface area contributed by atoms with Crippen LogP contribution in [0.5, 0.6) is 0 Å². The quantitative estimate of drug-likeness (QED) is 0.576. The van der Waals surface area contributed by atoms with Crippen LogP contribution in [-0.2, 0) is 28.8 Å². The molecule has 22 heavy (non-hydrogen) atoms. The van der Waals surface area contributed by atoms with Crippen LogP contribution in [-0.4, -0.2) is 34.3 Å². The monoisotopic (exact) mass is 314 g/mol. The highest BCUT2D eigenvalue weighted by Gasteiger charge is 2.76. The first-order valence-corrected chi connectivity index (χ1v) is 7.76. The fraction of sp³-hybridized carbons (Fsp3) is 0.875. The molecular formula is C16H26O6. The summed E-state index contributed by atoms with van der Waals surface area (Å²) in [5.74, 6) is -1.12. The molecule has 6 nitrogen and oxygen atoms in total. The van der Waals surface area contributed by atoms with Gasteiger partial charge in [-0.25, -0.2) is 19.4 Å². The second-order valence-electron chi connectivity index (χ2n) is 8.03. The average molecular weight is 314 g/mol. The van der Waals surface area contributed by atoms with Crippen molar-refractivity contribution in [2.45, 2.75) is 89.6 Å². The van der Waals surface area contributed by atoms with Gasteiger partial charge in [0.1, 0.15) is 11.2 Å². The third-order valence-electron chi connectivity index (χ3n) is 3.74. The molecule has 0 aromatic heterocycles. The maximum absolute atomic E-state index is 12.6. The Morgan fingerprint density at radius 1 is 0.773 bits per heavy atom. The van der Waals surface area contributed by atoms with Crippen molar-refractivity contribution in [1.82, 2.24) is 0 Å². The number of fused-ring (bicyclic) bond motifs is 1. The number of carbonyl (C=O) groups is 2. The number of hydrogen-bond donors (Lipinski definition) is 0. The average Bonchev–Trinajstić information content (AvgIpc) is 2.26. The zero-order valence-corrected chi connectivity index (χ0v) is 14.3. The Labute approximate surface area is 131 Å². The molecule has 1 saturated heterocycles. The molecule has 0 radical (unpaired) electrons. The smallest absolute Gasteiger partial charge is 0.346 e. The molecule has 126 valence electrons. The van der Waals surface area contributed by atoms with Crippen molar-refractivity contribution < 1.29 is 28.8 Å². The molecular weight excluding hydrogens is 288 g/mol. The van der Waals surface area contributed by atoms with Gasteiger partial charge in [0.25, 0.3) is 0 Å². The molecule has 2 aliphatic rings. The summed E-state index contributed by atoms with van der Waals surface area (Å²) < 4.78 is 10.9. The molecule has 0 spiro atoms. The van der Waals surface area contributed by atoms with Crippen LogP contribution in [0.2, 0.25) is 0 Å². The Balaban J connectivity index is 2.28. The van der Waals surface area contributed by atoms with Crippen LogP contribution in [0.25, 0.3) is 0 Å².